The van der Waals surface area contributed by atoms with Gasteiger partial charge in [-0.25, -0.2) is 4.39 Å². The quantitative estimate of drug-likeness (QED) is 0.878. The first-order chi connectivity index (χ1) is 9.72. The van der Waals surface area contributed by atoms with Crippen molar-refractivity contribution < 1.29 is 13.9 Å². The predicted molar refractivity (Wildman–Crippen MR) is 76.5 cm³/mol. The SMILES string of the molecule is CNCc1ccc(OCc2ccc(OC)c(F)c2)cc1. The van der Waals surface area contributed by atoms with E-state index in [0.717, 1.165) is 17.9 Å². The summed E-state index contributed by atoms with van der Waals surface area (Å²) in [5.41, 5.74) is 1.96. The van der Waals surface area contributed by atoms with Crippen LogP contribution in [0.1, 0.15) is 11.1 Å². The molecule has 1 N–H and O–H groups in total. The molecule has 0 atom stereocenters. The van der Waals surface area contributed by atoms with Gasteiger partial charge in [0.25, 0.3) is 0 Å². The van der Waals surface area contributed by atoms with Crippen LogP contribution in [0.15, 0.2) is 42.5 Å². The van der Waals surface area contributed by atoms with E-state index in [1.807, 2.05) is 31.3 Å². The third-order valence-corrected chi connectivity index (χ3v) is 2.93. The summed E-state index contributed by atoms with van der Waals surface area (Å²) in [5.74, 6) is 0.629. The van der Waals surface area contributed by atoms with Crippen molar-refractivity contribution in [2.75, 3.05) is 14.2 Å². The van der Waals surface area contributed by atoms with Crippen molar-refractivity contribution in [2.24, 2.45) is 0 Å². The minimum Gasteiger partial charge on any atom is -0.494 e. The fraction of sp³-hybridized carbons (Fsp3) is 0.250. The van der Waals surface area contributed by atoms with Crippen LogP contribution in [0.2, 0.25) is 0 Å². The zero-order valence-electron chi connectivity index (χ0n) is 11.7. The molecule has 2 aromatic rings. The Balaban J connectivity index is 1.96. The van der Waals surface area contributed by atoms with Crippen molar-refractivity contribution in [3.63, 3.8) is 0 Å². The Morgan fingerprint density at radius 2 is 1.75 bits per heavy atom. The van der Waals surface area contributed by atoms with Gasteiger partial charge in [-0.1, -0.05) is 18.2 Å². The van der Waals surface area contributed by atoms with Crippen LogP contribution in [0.3, 0.4) is 0 Å². The fourth-order valence-corrected chi connectivity index (χ4v) is 1.87. The van der Waals surface area contributed by atoms with Gasteiger partial charge in [-0.2, -0.15) is 0 Å². The molecule has 0 fully saturated rings. The van der Waals surface area contributed by atoms with Gasteiger partial charge in [0.1, 0.15) is 12.4 Å². The van der Waals surface area contributed by atoms with Gasteiger partial charge < -0.3 is 14.8 Å². The molecule has 0 spiro atoms. The Bertz CT molecular complexity index is 555. The minimum atomic E-state index is -0.377. The monoisotopic (exact) mass is 275 g/mol. The number of hydrogen-bond donors (Lipinski definition) is 1. The third-order valence-electron chi connectivity index (χ3n) is 2.93. The normalized spacial score (nSPS) is 10.3. The second-order valence-corrected chi connectivity index (χ2v) is 4.43. The van der Waals surface area contributed by atoms with Gasteiger partial charge in [0, 0.05) is 6.54 Å². The lowest BCUT2D eigenvalue weighted by molar-refractivity contribution is 0.304. The highest BCUT2D eigenvalue weighted by atomic mass is 19.1. The Hall–Kier alpha value is -2.07. The molecule has 2 aromatic carbocycles. The van der Waals surface area contributed by atoms with E-state index >= 15 is 0 Å². The molecule has 4 heteroatoms. The number of rotatable bonds is 6. The van der Waals surface area contributed by atoms with Crippen LogP contribution in [0.25, 0.3) is 0 Å². The Morgan fingerprint density at radius 3 is 2.35 bits per heavy atom. The zero-order valence-corrected chi connectivity index (χ0v) is 11.7. The standard InChI is InChI=1S/C16H18FNO2/c1-18-10-12-3-6-14(7-4-12)20-11-13-5-8-16(19-2)15(17)9-13/h3-9,18H,10-11H2,1-2H3. The topological polar surface area (TPSA) is 30.5 Å². The van der Waals surface area contributed by atoms with Crippen molar-refractivity contribution in [3.05, 3.63) is 59.4 Å². The molecule has 0 radical (unpaired) electrons. The summed E-state index contributed by atoms with van der Waals surface area (Å²) < 4.78 is 24.0. The summed E-state index contributed by atoms with van der Waals surface area (Å²) in [6.45, 7) is 1.15. The van der Waals surface area contributed by atoms with Crippen LogP contribution in [-0.4, -0.2) is 14.2 Å². The van der Waals surface area contributed by atoms with E-state index < -0.39 is 0 Å². The average Bonchev–Trinajstić information content (AvgIpc) is 2.47. The molecule has 0 aliphatic rings. The lowest BCUT2D eigenvalue weighted by Crippen LogP contribution is -2.04. The molecule has 0 unspecified atom stereocenters. The average molecular weight is 275 g/mol. The van der Waals surface area contributed by atoms with Gasteiger partial charge in [0.15, 0.2) is 11.6 Å². The maximum Gasteiger partial charge on any atom is 0.165 e. The van der Waals surface area contributed by atoms with Crippen LogP contribution >= 0.6 is 0 Å². The molecule has 3 nitrogen and oxygen atoms in total. The highest BCUT2D eigenvalue weighted by Crippen LogP contribution is 2.19. The van der Waals surface area contributed by atoms with Crippen molar-refractivity contribution in [3.8, 4) is 11.5 Å². The molecule has 0 aliphatic carbocycles. The number of ether oxygens (including phenoxy) is 2. The van der Waals surface area contributed by atoms with Gasteiger partial charge >= 0.3 is 0 Å². The summed E-state index contributed by atoms with van der Waals surface area (Å²) >= 11 is 0. The summed E-state index contributed by atoms with van der Waals surface area (Å²) in [6.07, 6.45) is 0. The second-order valence-electron chi connectivity index (χ2n) is 4.43. The van der Waals surface area contributed by atoms with E-state index in [4.69, 9.17) is 9.47 Å². The number of methoxy groups -OCH3 is 1. The number of benzene rings is 2. The maximum absolute atomic E-state index is 13.5. The molecule has 2 rings (SSSR count). The first kappa shape index (κ1) is 14.3. The van der Waals surface area contributed by atoms with E-state index in [0.29, 0.717) is 6.61 Å². The van der Waals surface area contributed by atoms with Gasteiger partial charge in [-0.15, -0.1) is 0 Å². The molecule has 0 saturated carbocycles. The summed E-state index contributed by atoms with van der Waals surface area (Å²) in [5, 5.41) is 3.08. The largest absolute Gasteiger partial charge is 0.494 e. The smallest absolute Gasteiger partial charge is 0.165 e. The highest BCUT2D eigenvalue weighted by Gasteiger charge is 2.04. The van der Waals surface area contributed by atoms with E-state index in [-0.39, 0.29) is 11.6 Å². The predicted octanol–water partition coefficient (Wildman–Crippen LogP) is 3.13. The lowest BCUT2D eigenvalue weighted by Gasteiger charge is -2.08. The second kappa shape index (κ2) is 6.91. The number of halogens is 1. The van der Waals surface area contributed by atoms with Crippen molar-refractivity contribution in [1.29, 1.82) is 0 Å². The van der Waals surface area contributed by atoms with Gasteiger partial charge in [-0.3, -0.25) is 0 Å². The number of hydrogen-bond acceptors (Lipinski definition) is 3. The van der Waals surface area contributed by atoms with Gasteiger partial charge in [0.05, 0.1) is 7.11 Å². The summed E-state index contributed by atoms with van der Waals surface area (Å²) in [7, 11) is 3.35. The maximum atomic E-state index is 13.5. The van der Waals surface area contributed by atoms with E-state index in [1.54, 1.807) is 12.1 Å². The molecule has 0 heterocycles. The van der Waals surface area contributed by atoms with Gasteiger partial charge in [-0.05, 0) is 42.4 Å². The van der Waals surface area contributed by atoms with Crippen molar-refractivity contribution >= 4 is 0 Å². The molecular formula is C16H18FNO2. The van der Waals surface area contributed by atoms with Gasteiger partial charge in [0.2, 0.25) is 0 Å². The van der Waals surface area contributed by atoms with Crippen LogP contribution in [0.5, 0.6) is 11.5 Å². The molecule has 20 heavy (non-hydrogen) atoms. The van der Waals surface area contributed by atoms with Crippen molar-refractivity contribution in [2.45, 2.75) is 13.2 Å². The first-order valence-electron chi connectivity index (χ1n) is 6.41. The molecule has 0 aromatic heterocycles. The van der Waals surface area contributed by atoms with E-state index in [9.17, 15) is 4.39 Å². The van der Waals surface area contributed by atoms with Crippen LogP contribution in [0.4, 0.5) is 4.39 Å². The Kier molecular flexibility index (Phi) is 4.96. The van der Waals surface area contributed by atoms with Crippen LogP contribution in [0, 0.1) is 5.82 Å². The highest BCUT2D eigenvalue weighted by molar-refractivity contribution is 5.30. The van der Waals surface area contributed by atoms with Crippen LogP contribution < -0.4 is 14.8 Å². The lowest BCUT2D eigenvalue weighted by atomic mass is 10.2. The molecule has 106 valence electrons. The molecule has 0 saturated heterocycles. The summed E-state index contributed by atoms with van der Waals surface area (Å²) in [6, 6.07) is 12.6. The Morgan fingerprint density at radius 1 is 1.05 bits per heavy atom. The van der Waals surface area contributed by atoms with E-state index in [1.165, 1.54) is 18.7 Å². The van der Waals surface area contributed by atoms with E-state index in [2.05, 4.69) is 5.32 Å². The fourth-order valence-electron chi connectivity index (χ4n) is 1.87. The van der Waals surface area contributed by atoms with Crippen LogP contribution in [-0.2, 0) is 13.2 Å². The molecular weight excluding hydrogens is 257 g/mol. The molecule has 0 amide bonds. The minimum absolute atomic E-state index is 0.241. The zero-order chi connectivity index (χ0) is 14.4. The summed E-state index contributed by atoms with van der Waals surface area (Å²) in [4.78, 5) is 0. The van der Waals surface area contributed by atoms with Crippen molar-refractivity contribution in [1.82, 2.24) is 5.32 Å². The first-order valence-corrected chi connectivity index (χ1v) is 6.41. The molecule has 0 bridgehead atoms. The Labute approximate surface area is 118 Å². The third kappa shape index (κ3) is 3.71. The molecule has 0 aliphatic heterocycles. The number of nitrogens with one attached hydrogen (secondary N) is 1.